The van der Waals surface area contributed by atoms with Crippen LogP contribution in [0.25, 0.3) is 17.1 Å². The van der Waals surface area contributed by atoms with Crippen molar-refractivity contribution in [2.45, 2.75) is 13.8 Å². The first-order valence-corrected chi connectivity index (χ1v) is 7.19. The summed E-state index contributed by atoms with van der Waals surface area (Å²) in [7, 11) is 1.77. The summed E-state index contributed by atoms with van der Waals surface area (Å²) in [6.07, 6.45) is 2.95. The molecule has 0 saturated carbocycles. The van der Waals surface area contributed by atoms with E-state index in [2.05, 4.69) is 15.4 Å². The maximum Gasteiger partial charge on any atom is 0.152 e. The molecule has 3 rings (SSSR count). The van der Waals surface area contributed by atoms with E-state index in [4.69, 9.17) is 5.21 Å². The Hall–Kier alpha value is -3.16. The average molecular weight is 329 g/mol. The first-order valence-electron chi connectivity index (χ1n) is 7.19. The number of halogens is 1. The zero-order chi connectivity index (χ0) is 17.4. The molecule has 0 saturated heterocycles. The molecular formula is C16H16FN5O2. The van der Waals surface area contributed by atoms with Crippen LogP contribution in [0.3, 0.4) is 0 Å². The van der Waals surface area contributed by atoms with Crippen molar-refractivity contribution in [3.63, 3.8) is 0 Å². The minimum absolute atomic E-state index is 0.170. The normalized spacial score (nSPS) is 11.5. The van der Waals surface area contributed by atoms with Crippen molar-refractivity contribution in [3.05, 3.63) is 47.0 Å². The molecule has 2 N–H and O–H groups in total. The Bertz CT molecular complexity index is 923. The van der Waals surface area contributed by atoms with Gasteiger partial charge in [0.1, 0.15) is 17.1 Å². The predicted octanol–water partition coefficient (Wildman–Crippen LogP) is 2.54. The second kappa shape index (κ2) is 5.80. The Morgan fingerprint density at radius 3 is 2.58 bits per heavy atom. The van der Waals surface area contributed by atoms with Crippen LogP contribution in [0.2, 0.25) is 0 Å². The van der Waals surface area contributed by atoms with Crippen LogP contribution in [-0.4, -0.2) is 36.1 Å². The molecule has 0 aliphatic rings. The highest BCUT2D eigenvalue weighted by atomic mass is 19.1. The van der Waals surface area contributed by atoms with Crippen LogP contribution in [0.4, 0.5) is 4.39 Å². The van der Waals surface area contributed by atoms with Gasteiger partial charge in [0.15, 0.2) is 5.82 Å². The molecule has 0 atom stereocenters. The van der Waals surface area contributed by atoms with E-state index in [1.54, 1.807) is 24.9 Å². The molecule has 1 aromatic carbocycles. The van der Waals surface area contributed by atoms with Gasteiger partial charge < -0.3 is 10.3 Å². The summed E-state index contributed by atoms with van der Waals surface area (Å²) in [5, 5.41) is 30.1. The Balaban J connectivity index is 2.37. The second-order valence-corrected chi connectivity index (χ2v) is 5.44. The maximum atomic E-state index is 14.4. The van der Waals surface area contributed by atoms with Gasteiger partial charge in [0, 0.05) is 18.7 Å². The van der Waals surface area contributed by atoms with Crippen molar-refractivity contribution in [2.24, 2.45) is 12.2 Å². The molecule has 0 spiro atoms. The topological polar surface area (TPSA) is 88.5 Å². The van der Waals surface area contributed by atoms with Gasteiger partial charge in [-0.05, 0) is 31.5 Å². The fourth-order valence-electron chi connectivity index (χ4n) is 2.71. The highest BCUT2D eigenvalue weighted by Gasteiger charge is 2.23. The van der Waals surface area contributed by atoms with E-state index in [9.17, 15) is 9.50 Å². The van der Waals surface area contributed by atoms with Crippen LogP contribution in [0, 0.1) is 19.7 Å². The number of hydrogen-bond donors (Lipinski definition) is 2. The predicted molar refractivity (Wildman–Crippen MR) is 86.2 cm³/mol. The van der Waals surface area contributed by atoms with Crippen molar-refractivity contribution >= 4 is 6.21 Å². The Kier molecular flexibility index (Phi) is 3.80. The van der Waals surface area contributed by atoms with Gasteiger partial charge in [-0.1, -0.05) is 5.16 Å². The summed E-state index contributed by atoms with van der Waals surface area (Å²) in [6, 6.07) is 3.84. The number of phenols is 1. The van der Waals surface area contributed by atoms with Crippen LogP contribution < -0.4 is 0 Å². The van der Waals surface area contributed by atoms with Gasteiger partial charge in [-0.3, -0.25) is 4.68 Å². The number of rotatable bonds is 3. The van der Waals surface area contributed by atoms with Gasteiger partial charge in [0.05, 0.1) is 23.8 Å². The molecule has 7 nitrogen and oxygen atoms in total. The Morgan fingerprint density at radius 1 is 1.25 bits per heavy atom. The first-order chi connectivity index (χ1) is 11.4. The van der Waals surface area contributed by atoms with E-state index in [0.29, 0.717) is 17.0 Å². The Labute approximate surface area is 137 Å². The maximum absolute atomic E-state index is 14.4. The zero-order valence-corrected chi connectivity index (χ0v) is 13.4. The first kappa shape index (κ1) is 15.7. The van der Waals surface area contributed by atoms with E-state index in [-0.39, 0.29) is 11.4 Å². The fraction of sp³-hybridized carbons (Fsp3) is 0.188. The van der Waals surface area contributed by atoms with Crippen LogP contribution in [0.1, 0.15) is 16.8 Å². The quantitative estimate of drug-likeness (QED) is 0.439. The van der Waals surface area contributed by atoms with E-state index in [0.717, 1.165) is 17.3 Å². The zero-order valence-electron chi connectivity index (χ0n) is 13.4. The summed E-state index contributed by atoms with van der Waals surface area (Å²) in [5.74, 6) is -0.790. The van der Waals surface area contributed by atoms with Crippen molar-refractivity contribution in [1.29, 1.82) is 0 Å². The third-order valence-electron chi connectivity index (χ3n) is 3.80. The van der Waals surface area contributed by atoms with Gasteiger partial charge in [-0.2, -0.15) is 10.2 Å². The van der Waals surface area contributed by atoms with Gasteiger partial charge in [0.25, 0.3) is 0 Å². The molecule has 2 heterocycles. The molecule has 3 aromatic rings. The van der Waals surface area contributed by atoms with Gasteiger partial charge in [0.2, 0.25) is 0 Å². The van der Waals surface area contributed by atoms with E-state index in [1.807, 2.05) is 6.92 Å². The lowest BCUT2D eigenvalue weighted by Crippen LogP contribution is -2.06. The van der Waals surface area contributed by atoms with Crippen LogP contribution in [-0.2, 0) is 7.05 Å². The van der Waals surface area contributed by atoms with Gasteiger partial charge in [-0.15, -0.1) is 0 Å². The highest BCUT2D eigenvalue weighted by Crippen LogP contribution is 2.31. The van der Waals surface area contributed by atoms with E-state index >= 15 is 0 Å². The van der Waals surface area contributed by atoms with E-state index < -0.39 is 5.82 Å². The van der Waals surface area contributed by atoms with Crippen molar-refractivity contribution in [2.75, 3.05) is 0 Å². The standard InChI is InChI=1S/C16H16FN5O2/c1-9-7-18-21(3)15(9)16-12(8-19-24)10(2)20-22(16)14-5-4-11(23)6-13(14)17/h4-8,23-24H,1-3H3/b19-8-. The number of phenolic OH excluding ortho intramolecular Hbond substituents is 1. The smallest absolute Gasteiger partial charge is 0.152 e. The summed E-state index contributed by atoms with van der Waals surface area (Å²) in [4.78, 5) is 0. The van der Waals surface area contributed by atoms with Crippen LogP contribution >= 0.6 is 0 Å². The fourth-order valence-corrected chi connectivity index (χ4v) is 2.71. The highest BCUT2D eigenvalue weighted by molar-refractivity contribution is 5.90. The summed E-state index contributed by atoms with van der Waals surface area (Å²) >= 11 is 0. The average Bonchev–Trinajstić information content (AvgIpc) is 3.00. The number of aromatic nitrogens is 4. The second-order valence-electron chi connectivity index (χ2n) is 5.44. The minimum atomic E-state index is -0.619. The molecule has 0 fully saturated rings. The number of hydrogen-bond acceptors (Lipinski definition) is 5. The molecule has 0 aliphatic carbocycles. The van der Waals surface area contributed by atoms with E-state index in [1.165, 1.54) is 23.0 Å². The molecule has 24 heavy (non-hydrogen) atoms. The number of oxime groups is 1. The Morgan fingerprint density at radius 2 is 2.00 bits per heavy atom. The third kappa shape index (κ3) is 2.41. The van der Waals surface area contributed by atoms with Crippen molar-refractivity contribution in [3.8, 4) is 22.8 Å². The molecule has 0 unspecified atom stereocenters. The molecule has 0 amide bonds. The molecule has 2 aromatic heterocycles. The minimum Gasteiger partial charge on any atom is -0.508 e. The number of aromatic hydroxyl groups is 1. The lowest BCUT2D eigenvalue weighted by Gasteiger charge is -2.11. The third-order valence-corrected chi connectivity index (χ3v) is 3.80. The molecular weight excluding hydrogens is 313 g/mol. The lowest BCUT2D eigenvalue weighted by molar-refractivity contribution is 0.322. The number of aryl methyl sites for hydroxylation is 3. The summed E-state index contributed by atoms with van der Waals surface area (Å²) in [5.41, 5.74) is 3.42. The number of benzene rings is 1. The molecule has 0 bridgehead atoms. The van der Waals surface area contributed by atoms with Crippen LogP contribution in [0.5, 0.6) is 5.75 Å². The lowest BCUT2D eigenvalue weighted by atomic mass is 10.1. The van der Waals surface area contributed by atoms with Gasteiger partial charge in [-0.25, -0.2) is 9.07 Å². The molecule has 8 heteroatoms. The largest absolute Gasteiger partial charge is 0.508 e. The number of nitrogens with zero attached hydrogens (tertiary/aromatic N) is 5. The van der Waals surface area contributed by atoms with Crippen LogP contribution in [0.15, 0.2) is 29.6 Å². The summed E-state index contributed by atoms with van der Waals surface area (Å²) < 4.78 is 17.4. The van der Waals surface area contributed by atoms with Crippen molar-refractivity contribution in [1.82, 2.24) is 19.6 Å². The SMILES string of the molecule is Cc1cnn(C)c1-c1c(/C=N\O)c(C)nn1-c1ccc(O)cc1F. The molecule has 0 aliphatic heterocycles. The van der Waals surface area contributed by atoms with Crippen molar-refractivity contribution < 1.29 is 14.7 Å². The monoisotopic (exact) mass is 329 g/mol. The summed E-state index contributed by atoms with van der Waals surface area (Å²) in [6.45, 7) is 3.61. The molecule has 0 radical (unpaired) electrons. The molecule has 124 valence electrons. The van der Waals surface area contributed by atoms with Gasteiger partial charge >= 0.3 is 0 Å².